The van der Waals surface area contributed by atoms with Gasteiger partial charge in [0.05, 0.1) is 10.9 Å². The normalized spacial score (nSPS) is 18.7. The number of aliphatic imine (C=N–C) groups is 1. The van der Waals surface area contributed by atoms with E-state index in [0.29, 0.717) is 5.92 Å². The molecule has 0 saturated carbocycles. The number of ether oxygens (including phenoxy) is 1. The Kier molecular flexibility index (Phi) is 8.83. The van der Waals surface area contributed by atoms with Gasteiger partial charge in [-0.2, -0.15) is 0 Å². The summed E-state index contributed by atoms with van der Waals surface area (Å²) in [5.41, 5.74) is 0. The fourth-order valence-corrected chi connectivity index (χ4v) is 3.08. The third-order valence-electron chi connectivity index (χ3n) is 3.10. The van der Waals surface area contributed by atoms with Gasteiger partial charge in [0.1, 0.15) is 0 Å². The topological polar surface area (TPSA) is 45.7 Å². The van der Waals surface area contributed by atoms with Crippen LogP contribution in [-0.4, -0.2) is 39.3 Å². The van der Waals surface area contributed by atoms with Crippen LogP contribution in [0.15, 0.2) is 17.1 Å². The molecule has 0 spiro atoms. The number of halogens is 2. The summed E-state index contributed by atoms with van der Waals surface area (Å²) in [6.07, 6.45) is 2.10. The molecule has 7 heteroatoms. The summed E-state index contributed by atoms with van der Waals surface area (Å²) in [6, 6.07) is 4.01. The van der Waals surface area contributed by atoms with Gasteiger partial charge in [0.2, 0.25) is 0 Å². The standard InChI is InChI=1S/C13H20ClN3OS.HI/c1-15-13(17-8-10-5-7-18-9-10)16-6-4-11-2-3-12(14)19-11;/h2-3,10H,4-9H2,1H3,(H2,15,16,17);1H. The molecular formula is C13H21ClIN3OS. The molecule has 1 atom stereocenters. The molecular weight excluding hydrogens is 409 g/mol. The zero-order chi connectivity index (χ0) is 13.5. The Morgan fingerprint density at radius 2 is 2.35 bits per heavy atom. The van der Waals surface area contributed by atoms with Crippen molar-refractivity contribution >= 4 is 52.9 Å². The van der Waals surface area contributed by atoms with Gasteiger partial charge in [0.25, 0.3) is 0 Å². The molecule has 1 aliphatic heterocycles. The monoisotopic (exact) mass is 429 g/mol. The predicted octanol–water partition coefficient (Wildman–Crippen LogP) is 2.76. The van der Waals surface area contributed by atoms with Crippen LogP contribution in [0.5, 0.6) is 0 Å². The van der Waals surface area contributed by atoms with E-state index in [1.807, 2.05) is 6.07 Å². The Hall–Kier alpha value is -0.0500. The second-order valence-corrected chi connectivity index (χ2v) is 6.36. The minimum absolute atomic E-state index is 0. The predicted molar refractivity (Wildman–Crippen MR) is 96.7 cm³/mol. The highest BCUT2D eigenvalue weighted by Crippen LogP contribution is 2.21. The van der Waals surface area contributed by atoms with E-state index in [4.69, 9.17) is 16.3 Å². The minimum atomic E-state index is 0. The summed E-state index contributed by atoms with van der Waals surface area (Å²) in [5, 5.41) is 6.65. The van der Waals surface area contributed by atoms with Gasteiger partial charge >= 0.3 is 0 Å². The van der Waals surface area contributed by atoms with Crippen LogP contribution >= 0.6 is 46.9 Å². The highest BCUT2D eigenvalue weighted by Gasteiger charge is 2.15. The van der Waals surface area contributed by atoms with Gasteiger partial charge in [-0.05, 0) is 25.0 Å². The second kappa shape index (κ2) is 9.81. The lowest BCUT2D eigenvalue weighted by Gasteiger charge is -2.14. The SMILES string of the molecule is CN=C(NCCc1ccc(Cl)s1)NCC1CCOC1.I. The number of rotatable bonds is 5. The Morgan fingerprint density at radius 1 is 1.50 bits per heavy atom. The molecule has 20 heavy (non-hydrogen) atoms. The molecule has 1 aromatic heterocycles. The smallest absolute Gasteiger partial charge is 0.190 e. The molecule has 1 fully saturated rings. The summed E-state index contributed by atoms with van der Waals surface area (Å²) in [5.74, 6) is 1.46. The average molecular weight is 430 g/mol. The molecule has 0 aromatic carbocycles. The van der Waals surface area contributed by atoms with Crippen LogP contribution in [0.2, 0.25) is 4.34 Å². The second-order valence-electron chi connectivity index (χ2n) is 4.57. The van der Waals surface area contributed by atoms with Gasteiger partial charge in [-0.1, -0.05) is 11.6 Å². The van der Waals surface area contributed by atoms with Gasteiger partial charge < -0.3 is 15.4 Å². The molecule has 2 N–H and O–H groups in total. The van der Waals surface area contributed by atoms with Crippen LogP contribution in [0.25, 0.3) is 0 Å². The van der Waals surface area contributed by atoms with E-state index >= 15 is 0 Å². The van der Waals surface area contributed by atoms with Crippen molar-refractivity contribution in [1.29, 1.82) is 0 Å². The van der Waals surface area contributed by atoms with Gasteiger partial charge in [-0.3, -0.25) is 4.99 Å². The molecule has 1 saturated heterocycles. The number of guanidine groups is 1. The Labute approximate surface area is 146 Å². The summed E-state index contributed by atoms with van der Waals surface area (Å²) in [6.45, 7) is 3.53. The number of hydrogen-bond donors (Lipinski definition) is 2. The number of hydrogen-bond acceptors (Lipinski definition) is 3. The lowest BCUT2D eigenvalue weighted by molar-refractivity contribution is 0.186. The van der Waals surface area contributed by atoms with Crippen LogP contribution < -0.4 is 10.6 Å². The van der Waals surface area contributed by atoms with Crippen molar-refractivity contribution in [1.82, 2.24) is 10.6 Å². The molecule has 0 aliphatic carbocycles. The lowest BCUT2D eigenvalue weighted by Crippen LogP contribution is -2.40. The largest absolute Gasteiger partial charge is 0.381 e. The van der Waals surface area contributed by atoms with Crippen molar-refractivity contribution in [2.24, 2.45) is 10.9 Å². The quantitative estimate of drug-likeness (QED) is 0.430. The highest BCUT2D eigenvalue weighted by atomic mass is 127. The van der Waals surface area contributed by atoms with Crippen LogP contribution in [0.4, 0.5) is 0 Å². The molecule has 1 aromatic rings. The van der Waals surface area contributed by atoms with Crippen molar-refractivity contribution in [2.75, 3.05) is 33.4 Å². The maximum atomic E-state index is 5.90. The van der Waals surface area contributed by atoms with E-state index < -0.39 is 0 Å². The molecule has 1 unspecified atom stereocenters. The molecule has 1 aliphatic rings. The minimum Gasteiger partial charge on any atom is -0.381 e. The van der Waals surface area contributed by atoms with Crippen molar-refractivity contribution in [3.05, 3.63) is 21.3 Å². The number of thiophene rings is 1. The molecule has 4 nitrogen and oxygen atoms in total. The summed E-state index contributed by atoms with van der Waals surface area (Å²) in [4.78, 5) is 5.51. The summed E-state index contributed by atoms with van der Waals surface area (Å²) >= 11 is 7.53. The van der Waals surface area contributed by atoms with Crippen LogP contribution in [0, 0.1) is 5.92 Å². The van der Waals surface area contributed by atoms with Crippen LogP contribution in [0.3, 0.4) is 0 Å². The van der Waals surface area contributed by atoms with E-state index in [-0.39, 0.29) is 24.0 Å². The third-order valence-corrected chi connectivity index (χ3v) is 4.39. The van der Waals surface area contributed by atoms with Crippen molar-refractivity contribution < 1.29 is 4.74 Å². The third kappa shape index (κ3) is 6.15. The van der Waals surface area contributed by atoms with E-state index in [1.54, 1.807) is 18.4 Å². The zero-order valence-electron chi connectivity index (χ0n) is 11.5. The highest BCUT2D eigenvalue weighted by molar-refractivity contribution is 14.0. The molecule has 0 radical (unpaired) electrons. The molecule has 0 bridgehead atoms. The van der Waals surface area contributed by atoms with E-state index in [1.165, 1.54) is 4.88 Å². The van der Waals surface area contributed by atoms with E-state index in [9.17, 15) is 0 Å². The van der Waals surface area contributed by atoms with E-state index in [0.717, 1.165) is 49.4 Å². The first-order valence-electron chi connectivity index (χ1n) is 6.54. The van der Waals surface area contributed by atoms with Crippen LogP contribution in [-0.2, 0) is 11.2 Å². The first kappa shape index (κ1) is 18.0. The van der Waals surface area contributed by atoms with Crippen molar-refractivity contribution in [2.45, 2.75) is 12.8 Å². The van der Waals surface area contributed by atoms with Crippen molar-refractivity contribution in [3.63, 3.8) is 0 Å². The molecule has 2 rings (SSSR count). The average Bonchev–Trinajstić information content (AvgIpc) is 3.05. The van der Waals surface area contributed by atoms with E-state index in [2.05, 4.69) is 21.7 Å². The number of nitrogens with one attached hydrogen (secondary N) is 2. The van der Waals surface area contributed by atoms with Gasteiger partial charge in [-0.15, -0.1) is 35.3 Å². The van der Waals surface area contributed by atoms with Gasteiger partial charge in [0, 0.05) is 37.5 Å². The van der Waals surface area contributed by atoms with Gasteiger partial charge in [0.15, 0.2) is 5.96 Å². The molecule has 114 valence electrons. The first-order valence-corrected chi connectivity index (χ1v) is 7.74. The summed E-state index contributed by atoms with van der Waals surface area (Å²) in [7, 11) is 1.79. The fourth-order valence-electron chi connectivity index (χ4n) is 2.00. The van der Waals surface area contributed by atoms with Crippen LogP contribution in [0.1, 0.15) is 11.3 Å². The first-order chi connectivity index (χ1) is 9.28. The summed E-state index contributed by atoms with van der Waals surface area (Å²) < 4.78 is 6.20. The maximum absolute atomic E-state index is 5.90. The zero-order valence-corrected chi connectivity index (χ0v) is 15.4. The Morgan fingerprint density at radius 3 is 2.95 bits per heavy atom. The fraction of sp³-hybridized carbons (Fsp3) is 0.615. The Balaban J connectivity index is 0.00000200. The number of nitrogens with zero attached hydrogens (tertiary/aromatic N) is 1. The van der Waals surface area contributed by atoms with Gasteiger partial charge in [-0.25, -0.2) is 0 Å². The molecule has 2 heterocycles. The maximum Gasteiger partial charge on any atom is 0.190 e. The Bertz CT molecular complexity index is 422. The lowest BCUT2D eigenvalue weighted by atomic mass is 10.1. The molecule has 0 amide bonds. The van der Waals surface area contributed by atoms with Crippen molar-refractivity contribution in [3.8, 4) is 0 Å².